The lowest BCUT2D eigenvalue weighted by molar-refractivity contribution is 1.02. The maximum atomic E-state index is 5.86. The first-order chi connectivity index (χ1) is 17.6. The van der Waals surface area contributed by atoms with Crippen LogP contribution < -0.4 is 5.73 Å². The molecule has 1 aromatic heterocycles. The minimum atomic E-state index is 0.756. The third-order valence-corrected chi connectivity index (χ3v) is 6.79. The van der Waals surface area contributed by atoms with E-state index in [2.05, 4.69) is 110 Å². The zero-order valence-corrected chi connectivity index (χ0v) is 21.0. The van der Waals surface area contributed by atoms with Crippen LogP contribution in [0.5, 0.6) is 0 Å². The van der Waals surface area contributed by atoms with Crippen LogP contribution in [0.3, 0.4) is 0 Å². The van der Waals surface area contributed by atoms with Crippen molar-refractivity contribution in [2.75, 3.05) is 5.73 Å². The first-order valence-corrected chi connectivity index (χ1v) is 12.5. The van der Waals surface area contributed by atoms with Crippen molar-refractivity contribution in [1.29, 1.82) is 0 Å². The van der Waals surface area contributed by atoms with E-state index in [0.717, 1.165) is 29.7 Å². The predicted molar refractivity (Wildman–Crippen MR) is 159 cm³/mol. The molecule has 0 unspecified atom stereocenters. The molecule has 0 aliphatic heterocycles. The van der Waals surface area contributed by atoms with Crippen LogP contribution in [0, 0.1) is 0 Å². The maximum absolute atomic E-state index is 5.86. The van der Waals surface area contributed by atoms with Crippen LogP contribution in [0.1, 0.15) is 37.8 Å². The van der Waals surface area contributed by atoms with E-state index < -0.39 is 0 Å². The number of anilines is 1. The first kappa shape index (κ1) is 23.4. The van der Waals surface area contributed by atoms with E-state index in [1.807, 2.05) is 24.3 Å². The molecule has 0 atom stereocenters. The van der Waals surface area contributed by atoms with Gasteiger partial charge in [-0.3, -0.25) is 0 Å². The van der Waals surface area contributed by atoms with Crippen molar-refractivity contribution in [2.45, 2.75) is 26.7 Å². The number of allylic oxidation sites excluding steroid dienone is 11. The van der Waals surface area contributed by atoms with Crippen molar-refractivity contribution >= 4 is 44.3 Å². The molecule has 0 bridgehead atoms. The number of nitrogens with two attached hydrogens (primary N) is 1. The Morgan fingerprint density at radius 2 is 1.61 bits per heavy atom. The summed E-state index contributed by atoms with van der Waals surface area (Å²) in [4.78, 5) is 0. The monoisotopic (exact) mass is 468 g/mol. The highest BCUT2D eigenvalue weighted by atomic mass is 15.0. The van der Waals surface area contributed by atoms with E-state index in [1.165, 1.54) is 44.2 Å². The van der Waals surface area contributed by atoms with Gasteiger partial charge in [-0.15, -0.1) is 0 Å². The van der Waals surface area contributed by atoms with E-state index in [1.54, 1.807) is 0 Å². The highest BCUT2D eigenvalue weighted by Crippen LogP contribution is 2.35. The summed E-state index contributed by atoms with van der Waals surface area (Å²) in [6.45, 7) is 8.51. The number of rotatable bonds is 6. The van der Waals surface area contributed by atoms with E-state index in [-0.39, 0.29) is 0 Å². The Morgan fingerprint density at radius 1 is 0.861 bits per heavy atom. The van der Waals surface area contributed by atoms with Gasteiger partial charge in [-0.25, -0.2) is 0 Å². The molecule has 0 fully saturated rings. The number of para-hydroxylation sites is 1. The fourth-order valence-electron chi connectivity index (χ4n) is 4.96. The summed E-state index contributed by atoms with van der Waals surface area (Å²) in [6, 6.07) is 23.4. The maximum Gasteiger partial charge on any atom is 0.0541 e. The molecule has 4 aromatic rings. The van der Waals surface area contributed by atoms with Gasteiger partial charge in [0.1, 0.15) is 0 Å². The molecule has 2 N–H and O–H groups in total. The predicted octanol–water partition coefficient (Wildman–Crippen LogP) is 9.19. The molecule has 0 radical (unpaired) electrons. The standard InChI is InChI=1S/C34H32N2/c1-4-10-25(3)30(21-15-24(2)26-16-19-28(35)20-17-26)27-18-22-34-32(23-27)31-13-8-9-14-33(31)36(34)29-11-6-5-7-12-29/h4,6,8-23H,2,5,7,35H2,1,3H3/b10-4-,21-15-,30-25-. The van der Waals surface area contributed by atoms with Crippen LogP contribution in [0.4, 0.5) is 5.69 Å². The molecule has 1 aliphatic carbocycles. The van der Waals surface area contributed by atoms with Gasteiger partial charge < -0.3 is 10.3 Å². The first-order valence-electron chi connectivity index (χ1n) is 12.5. The lowest BCUT2D eigenvalue weighted by atomic mass is 9.96. The topological polar surface area (TPSA) is 30.9 Å². The van der Waals surface area contributed by atoms with Crippen LogP contribution >= 0.6 is 0 Å². The van der Waals surface area contributed by atoms with Crippen molar-refractivity contribution in [2.24, 2.45) is 0 Å². The van der Waals surface area contributed by atoms with E-state index in [0.29, 0.717) is 0 Å². The summed E-state index contributed by atoms with van der Waals surface area (Å²) >= 11 is 0. The van der Waals surface area contributed by atoms with Gasteiger partial charge in [-0.1, -0.05) is 79.4 Å². The molecule has 0 amide bonds. The Balaban J connectivity index is 1.63. The van der Waals surface area contributed by atoms with Gasteiger partial charge in [0.2, 0.25) is 0 Å². The van der Waals surface area contributed by atoms with Crippen molar-refractivity contribution in [3.05, 3.63) is 133 Å². The Morgan fingerprint density at radius 3 is 2.36 bits per heavy atom. The molecule has 36 heavy (non-hydrogen) atoms. The van der Waals surface area contributed by atoms with E-state index in [4.69, 9.17) is 5.73 Å². The molecule has 2 nitrogen and oxygen atoms in total. The zero-order valence-electron chi connectivity index (χ0n) is 21.0. The number of hydrogen-bond donors (Lipinski definition) is 1. The third kappa shape index (κ3) is 4.50. The van der Waals surface area contributed by atoms with Crippen LogP contribution in [-0.4, -0.2) is 4.57 Å². The summed E-state index contributed by atoms with van der Waals surface area (Å²) in [6.07, 6.45) is 17.6. The molecule has 0 saturated carbocycles. The highest BCUT2D eigenvalue weighted by Gasteiger charge is 2.14. The number of benzene rings is 3. The van der Waals surface area contributed by atoms with Gasteiger partial charge in [0.05, 0.1) is 11.0 Å². The number of hydrogen-bond acceptors (Lipinski definition) is 1. The highest BCUT2D eigenvalue weighted by molar-refractivity contribution is 6.11. The molecule has 2 heteroatoms. The molecule has 178 valence electrons. The van der Waals surface area contributed by atoms with Crippen molar-refractivity contribution in [3.63, 3.8) is 0 Å². The number of nitrogen functional groups attached to an aromatic ring is 1. The normalized spacial score (nSPS) is 14.7. The average Bonchev–Trinajstić information content (AvgIpc) is 3.23. The second kappa shape index (κ2) is 10.1. The molecule has 5 rings (SSSR count). The Labute approximate surface area is 213 Å². The van der Waals surface area contributed by atoms with Gasteiger partial charge >= 0.3 is 0 Å². The fourth-order valence-corrected chi connectivity index (χ4v) is 4.96. The molecule has 1 aliphatic rings. The smallest absolute Gasteiger partial charge is 0.0541 e. The molecular weight excluding hydrogens is 436 g/mol. The second-order valence-electron chi connectivity index (χ2n) is 9.27. The van der Waals surface area contributed by atoms with Gasteiger partial charge in [-0.05, 0) is 90.9 Å². The van der Waals surface area contributed by atoms with Crippen LogP contribution in [-0.2, 0) is 0 Å². The Kier molecular flexibility index (Phi) is 6.60. The van der Waals surface area contributed by atoms with Crippen LogP contribution in [0.25, 0.3) is 38.6 Å². The van der Waals surface area contributed by atoms with Gasteiger partial charge in [0, 0.05) is 22.2 Å². The number of nitrogens with zero attached hydrogens (tertiary/aromatic N) is 1. The van der Waals surface area contributed by atoms with Crippen LogP contribution in [0.15, 0.2) is 121 Å². The molecule has 0 saturated heterocycles. The van der Waals surface area contributed by atoms with Gasteiger partial charge in [0.25, 0.3) is 0 Å². The Hall–Kier alpha value is -4.30. The Bertz CT molecular complexity index is 1600. The minimum Gasteiger partial charge on any atom is -0.399 e. The van der Waals surface area contributed by atoms with Crippen molar-refractivity contribution in [1.82, 2.24) is 4.57 Å². The lowest BCUT2D eigenvalue weighted by Gasteiger charge is -2.12. The number of fused-ring (bicyclic) bond motifs is 3. The third-order valence-electron chi connectivity index (χ3n) is 6.79. The van der Waals surface area contributed by atoms with Crippen molar-refractivity contribution < 1.29 is 0 Å². The summed E-state index contributed by atoms with van der Waals surface area (Å²) in [5.41, 5.74) is 15.9. The summed E-state index contributed by atoms with van der Waals surface area (Å²) in [5.74, 6) is 0. The lowest BCUT2D eigenvalue weighted by Crippen LogP contribution is -1.97. The largest absolute Gasteiger partial charge is 0.399 e. The van der Waals surface area contributed by atoms with Crippen molar-refractivity contribution in [3.8, 4) is 0 Å². The average molecular weight is 469 g/mol. The second-order valence-corrected chi connectivity index (χ2v) is 9.27. The van der Waals surface area contributed by atoms with Gasteiger partial charge in [-0.2, -0.15) is 0 Å². The van der Waals surface area contributed by atoms with Gasteiger partial charge in [0.15, 0.2) is 0 Å². The van der Waals surface area contributed by atoms with Crippen LogP contribution in [0.2, 0.25) is 0 Å². The summed E-state index contributed by atoms with van der Waals surface area (Å²) in [5, 5.41) is 2.53. The summed E-state index contributed by atoms with van der Waals surface area (Å²) in [7, 11) is 0. The zero-order chi connectivity index (χ0) is 25.1. The SMILES string of the molecule is C=C(\C=C/C(=C(C)/C=C\C)c1ccc2c(c1)c1ccccc1n2C1=CCCC=C1)c1ccc(N)cc1. The fraction of sp³-hybridized carbons (Fsp3) is 0.118. The molecule has 3 aromatic carbocycles. The molecular formula is C34H32N2. The summed E-state index contributed by atoms with van der Waals surface area (Å²) < 4.78 is 2.39. The molecule has 0 spiro atoms. The minimum absolute atomic E-state index is 0.756. The number of aromatic nitrogens is 1. The van der Waals surface area contributed by atoms with E-state index >= 15 is 0 Å². The quantitative estimate of drug-likeness (QED) is 0.222. The van der Waals surface area contributed by atoms with E-state index in [9.17, 15) is 0 Å². The molecule has 1 heterocycles.